The van der Waals surface area contributed by atoms with Gasteiger partial charge in [0.15, 0.2) is 11.5 Å². The fraction of sp³-hybridized carbons (Fsp3) is 0.350. The molecule has 1 unspecified atom stereocenters. The van der Waals surface area contributed by atoms with Crippen molar-refractivity contribution in [2.45, 2.75) is 18.9 Å². The van der Waals surface area contributed by atoms with Crippen molar-refractivity contribution in [1.82, 2.24) is 10.3 Å². The van der Waals surface area contributed by atoms with E-state index in [4.69, 9.17) is 14.2 Å². The molecule has 0 bridgehead atoms. The number of carbonyl (C=O) groups is 2. The molecule has 1 aliphatic rings. The molecule has 1 fully saturated rings. The van der Waals surface area contributed by atoms with Gasteiger partial charge in [0.05, 0.1) is 37.8 Å². The largest absolute Gasteiger partial charge is 0.493 e. The van der Waals surface area contributed by atoms with E-state index in [1.54, 1.807) is 0 Å². The summed E-state index contributed by atoms with van der Waals surface area (Å²) >= 11 is 0. The van der Waals surface area contributed by atoms with Gasteiger partial charge in [0.25, 0.3) is 11.8 Å². The molecule has 1 aromatic carbocycles. The average Bonchev–Trinajstić information content (AvgIpc) is 3.25. The first kappa shape index (κ1) is 20.5. The Morgan fingerprint density at radius 1 is 1.17 bits per heavy atom. The van der Waals surface area contributed by atoms with Gasteiger partial charge in [-0.05, 0) is 31.0 Å². The van der Waals surface area contributed by atoms with Gasteiger partial charge in [-0.25, -0.2) is 4.39 Å². The molecule has 0 saturated carbocycles. The maximum atomic E-state index is 13.4. The minimum Gasteiger partial charge on any atom is -0.493 e. The lowest BCUT2D eigenvalue weighted by molar-refractivity contribution is 0.0857. The Bertz CT molecular complexity index is 900. The molecule has 3 rings (SSSR count). The van der Waals surface area contributed by atoms with Gasteiger partial charge in [0.2, 0.25) is 0 Å². The summed E-state index contributed by atoms with van der Waals surface area (Å²) in [6, 6.07) is 4.05. The maximum Gasteiger partial charge on any atom is 0.257 e. The highest BCUT2D eigenvalue weighted by molar-refractivity contribution is 6.06. The number of rotatable bonds is 7. The SMILES string of the molecule is COc1cc(C(=O)NCC2CCCO2)cc(NC(=O)c2cncc(F)c2)c1OC. The van der Waals surface area contributed by atoms with Crippen molar-refractivity contribution in [3.63, 3.8) is 0 Å². The van der Waals surface area contributed by atoms with Crippen LogP contribution in [0.2, 0.25) is 0 Å². The van der Waals surface area contributed by atoms with Crippen LogP contribution < -0.4 is 20.1 Å². The molecule has 2 heterocycles. The first-order chi connectivity index (χ1) is 14.0. The normalized spacial score (nSPS) is 15.6. The van der Waals surface area contributed by atoms with Crippen LogP contribution in [0.1, 0.15) is 33.6 Å². The van der Waals surface area contributed by atoms with Gasteiger partial charge in [0, 0.05) is 24.9 Å². The van der Waals surface area contributed by atoms with Crippen LogP contribution in [0.3, 0.4) is 0 Å². The second-order valence-electron chi connectivity index (χ2n) is 6.45. The van der Waals surface area contributed by atoms with Gasteiger partial charge in [-0.3, -0.25) is 14.6 Å². The van der Waals surface area contributed by atoms with Crippen molar-refractivity contribution in [2.75, 3.05) is 32.7 Å². The minimum absolute atomic E-state index is 0.00116. The molecule has 0 radical (unpaired) electrons. The third-order valence-corrected chi connectivity index (χ3v) is 4.47. The Morgan fingerprint density at radius 2 is 2.00 bits per heavy atom. The van der Waals surface area contributed by atoms with Crippen molar-refractivity contribution in [1.29, 1.82) is 0 Å². The van der Waals surface area contributed by atoms with E-state index in [1.807, 2.05) is 0 Å². The molecule has 2 aromatic rings. The number of anilines is 1. The Morgan fingerprint density at radius 3 is 2.66 bits per heavy atom. The number of pyridine rings is 1. The summed E-state index contributed by atoms with van der Waals surface area (Å²) in [5, 5.41) is 5.43. The Labute approximate surface area is 167 Å². The van der Waals surface area contributed by atoms with Crippen LogP contribution in [-0.2, 0) is 4.74 Å². The number of benzene rings is 1. The van der Waals surface area contributed by atoms with Crippen LogP contribution in [0.4, 0.5) is 10.1 Å². The first-order valence-electron chi connectivity index (χ1n) is 9.09. The number of methoxy groups -OCH3 is 2. The van der Waals surface area contributed by atoms with Crippen LogP contribution in [0.5, 0.6) is 11.5 Å². The van der Waals surface area contributed by atoms with Gasteiger partial charge in [-0.1, -0.05) is 0 Å². The Kier molecular flexibility index (Phi) is 6.61. The highest BCUT2D eigenvalue weighted by Crippen LogP contribution is 2.37. The fourth-order valence-corrected chi connectivity index (χ4v) is 3.03. The van der Waals surface area contributed by atoms with Crippen molar-refractivity contribution >= 4 is 17.5 Å². The summed E-state index contributed by atoms with van der Waals surface area (Å²) < 4.78 is 29.5. The van der Waals surface area contributed by atoms with E-state index < -0.39 is 11.7 Å². The van der Waals surface area contributed by atoms with Crippen molar-refractivity contribution in [3.8, 4) is 11.5 Å². The molecule has 29 heavy (non-hydrogen) atoms. The van der Waals surface area contributed by atoms with Gasteiger partial charge in [-0.2, -0.15) is 0 Å². The van der Waals surface area contributed by atoms with Crippen LogP contribution in [-0.4, -0.2) is 50.3 Å². The Hall–Kier alpha value is -3.20. The van der Waals surface area contributed by atoms with E-state index in [2.05, 4.69) is 15.6 Å². The number of ether oxygens (including phenoxy) is 3. The topological polar surface area (TPSA) is 98.8 Å². The van der Waals surface area contributed by atoms with Gasteiger partial charge in [-0.15, -0.1) is 0 Å². The number of carbonyl (C=O) groups excluding carboxylic acids is 2. The van der Waals surface area contributed by atoms with Crippen molar-refractivity contribution in [3.05, 3.63) is 47.5 Å². The number of nitrogens with one attached hydrogen (secondary N) is 2. The van der Waals surface area contributed by atoms with E-state index >= 15 is 0 Å². The Balaban J connectivity index is 1.83. The van der Waals surface area contributed by atoms with E-state index in [-0.39, 0.29) is 40.3 Å². The molecule has 1 aromatic heterocycles. The minimum atomic E-state index is -0.635. The highest BCUT2D eigenvalue weighted by atomic mass is 19.1. The van der Waals surface area contributed by atoms with Gasteiger partial charge < -0.3 is 24.8 Å². The number of amides is 2. The monoisotopic (exact) mass is 403 g/mol. The highest BCUT2D eigenvalue weighted by Gasteiger charge is 2.21. The second-order valence-corrected chi connectivity index (χ2v) is 6.45. The van der Waals surface area contributed by atoms with Crippen molar-refractivity contribution < 1.29 is 28.2 Å². The fourth-order valence-electron chi connectivity index (χ4n) is 3.03. The number of aromatic nitrogens is 1. The molecule has 1 saturated heterocycles. The molecular weight excluding hydrogens is 381 g/mol. The number of halogens is 1. The molecule has 154 valence electrons. The van der Waals surface area contributed by atoms with Crippen LogP contribution in [0.25, 0.3) is 0 Å². The number of hydrogen-bond acceptors (Lipinski definition) is 6. The smallest absolute Gasteiger partial charge is 0.257 e. The quantitative estimate of drug-likeness (QED) is 0.737. The molecule has 2 N–H and O–H groups in total. The standard InChI is InChI=1S/C20H22FN3O5/c1-27-17-8-12(19(25)23-11-15-4-3-5-29-15)7-16(18(17)28-2)24-20(26)13-6-14(21)10-22-9-13/h6-10,15H,3-5,11H2,1-2H3,(H,23,25)(H,24,26). The van der Waals surface area contributed by atoms with E-state index in [1.165, 1.54) is 32.5 Å². The first-order valence-corrected chi connectivity index (χ1v) is 9.09. The predicted molar refractivity (Wildman–Crippen MR) is 103 cm³/mol. The summed E-state index contributed by atoms with van der Waals surface area (Å²) in [6.45, 7) is 1.09. The second kappa shape index (κ2) is 9.33. The maximum absolute atomic E-state index is 13.4. The molecule has 0 aliphatic carbocycles. The number of nitrogens with zero attached hydrogens (tertiary/aromatic N) is 1. The average molecular weight is 403 g/mol. The zero-order valence-electron chi connectivity index (χ0n) is 16.2. The molecule has 2 amide bonds. The molecule has 8 nitrogen and oxygen atoms in total. The summed E-state index contributed by atoms with van der Waals surface area (Å²) in [5.74, 6) is -1.08. The zero-order chi connectivity index (χ0) is 20.8. The lowest BCUT2D eigenvalue weighted by Gasteiger charge is -2.16. The molecular formula is C20H22FN3O5. The van der Waals surface area contributed by atoms with E-state index in [0.717, 1.165) is 25.1 Å². The third-order valence-electron chi connectivity index (χ3n) is 4.47. The van der Waals surface area contributed by atoms with Crippen LogP contribution in [0, 0.1) is 5.82 Å². The summed E-state index contributed by atoms with van der Waals surface area (Å²) in [4.78, 5) is 28.7. The van der Waals surface area contributed by atoms with Crippen LogP contribution >= 0.6 is 0 Å². The summed E-state index contributed by atoms with van der Waals surface area (Å²) in [6.07, 6.45) is 4.11. The van der Waals surface area contributed by atoms with Gasteiger partial charge in [0.1, 0.15) is 5.82 Å². The van der Waals surface area contributed by atoms with Crippen molar-refractivity contribution in [2.24, 2.45) is 0 Å². The van der Waals surface area contributed by atoms with E-state index in [0.29, 0.717) is 13.2 Å². The molecule has 9 heteroatoms. The molecule has 0 spiro atoms. The lowest BCUT2D eigenvalue weighted by Crippen LogP contribution is -2.31. The molecule has 1 atom stereocenters. The molecule has 1 aliphatic heterocycles. The lowest BCUT2D eigenvalue weighted by atomic mass is 10.1. The van der Waals surface area contributed by atoms with E-state index in [9.17, 15) is 14.0 Å². The number of hydrogen-bond donors (Lipinski definition) is 2. The van der Waals surface area contributed by atoms with Crippen LogP contribution in [0.15, 0.2) is 30.6 Å². The zero-order valence-corrected chi connectivity index (χ0v) is 16.2. The summed E-state index contributed by atoms with van der Waals surface area (Å²) in [7, 11) is 2.84. The summed E-state index contributed by atoms with van der Waals surface area (Å²) in [5.41, 5.74) is 0.510. The van der Waals surface area contributed by atoms with Gasteiger partial charge >= 0.3 is 0 Å². The predicted octanol–water partition coefficient (Wildman–Crippen LogP) is 2.40. The third kappa shape index (κ3) is 5.00.